The Morgan fingerprint density at radius 2 is 1.96 bits per heavy atom. The Kier molecular flexibility index (Phi) is 6.47. The highest BCUT2D eigenvalue weighted by Crippen LogP contribution is 2.17. The quantitative estimate of drug-likeness (QED) is 0.799. The van der Waals surface area contributed by atoms with Gasteiger partial charge < -0.3 is 20.3 Å². The number of nitrogens with one attached hydrogen (secondary N) is 2. The predicted octanol–water partition coefficient (Wildman–Crippen LogP) is 1.63. The SMILES string of the molecule is COc1cccc(NC(=O)c2ccnc(C(=O)NCCN(C)C)c2)c1. The molecule has 132 valence electrons. The number of benzene rings is 1. The van der Waals surface area contributed by atoms with Gasteiger partial charge in [0, 0.05) is 36.6 Å². The van der Waals surface area contributed by atoms with E-state index in [2.05, 4.69) is 15.6 Å². The molecule has 2 aromatic rings. The van der Waals surface area contributed by atoms with E-state index in [1.54, 1.807) is 37.4 Å². The van der Waals surface area contributed by atoms with Crippen molar-refractivity contribution in [2.75, 3.05) is 39.6 Å². The highest BCUT2D eigenvalue weighted by molar-refractivity contribution is 6.05. The van der Waals surface area contributed by atoms with Crippen molar-refractivity contribution in [2.24, 2.45) is 0 Å². The summed E-state index contributed by atoms with van der Waals surface area (Å²) in [5, 5.41) is 5.54. The molecule has 0 bridgehead atoms. The Morgan fingerprint density at radius 3 is 2.68 bits per heavy atom. The summed E-state index contributed by atoms with van der Waals surface area (Å²) < 4.78 is 5.13. The molecule has 0 spiro atoms. The molecule has 0 aliphatic heterocycles. The number of nitrogens with zero attached hydrogens (tertiary/aromatic N) is 2. The minimum atomic E-state index is -0.321. The van der Waals surface area contributed by atoms with Crippen LogP contribution in [0.25, 0.3) is 0 Å². The normalized spacial score (nSPS) is 10.4. The fourth-order valence-electron chi connectivity index (χ4n) is 2.08. The van der Waals surface area contributed by atoms with Gasteiger partial charge in [0.05, 0.1) is 7.11 Å². The molecule has 0 aliphatic carbocycles. The first-order valence-corrected chi connectivity index (χ1v) is 7.84. The van der Waals surface area contributed by atoms with Crippen LogP contribution in [0.3, 0.4) is 0 Å². The number of carbonyl (C=O) groups is 2. The first-order valence-electron chi connectivity index (χ1n) is 7.84. The van der Waals surface area contributed by atoms with Crippen LogP contribution in [0.2, 0.25) is 0 Å². The second kappa shape index (κ2) is 8.79. The standard InChI is InChI=1S/C18H22N4O3/c1-22(2)10-9-20-18(24)16-11-13(7-8-19-16)17(23)21-14-5-4-6-15(12-14)25-3/h4-8,11-12H,9-10H2,1-3H3,(H,20,24)(H,21,23). The van der Waals surface area contributed by atoms with E-state index in [1.807, 2.05) is 19.0 Å². The largest absolute Gasteiger partial charge is 0.497 e. The van der Waals surface area contributed by atoms with E-state index in [0.29, 0.717) is 23.5 Å². The lowest BCUT2D eigenvalue weighted by atomic mass is 10.2. The molecule has 0 unspecified atom stereocenters. The predicted molar refractivity (Wildman–Crippen MR) is 96.1 cm³/mol. The molecule has 2 rings (SSSR count). The van der Waals surface area contributed by atoms with Gasteiger partial charge in [-0.1, -0.05) is 6.07 Å². The molecule has 2 amide bonds. The number of ether oxygens (including phenoxy) is 1. The van der Waals surface area contributed by atoms with Crippen LogP contribution in [0, 0.1) is 0 Å². The Hall–Kier alpha value is -2.93. The number of rotatable bonds is 7. The first-order chi connectivity index (χ1) is 12.0. The maximum atomic E-state index is 12.4. The maximum Gasteiger partial charge on any atom is 0.269 e. The van der Waals surface area contributed by atoms with Crippen LogP contribution in [-0.4, -0.2) is 56.0 Å². The second-order valence-corrected chi connectivity index (χ2v) is 5.68. The monoisotopic (exact) mass is 342 g/mol. The topological polar surface area (TPSA) is 83.6 Å². The summed E-state index contributed by atoms with van der Waals surface area (Å²) in [6, 6.07) is 10.1. The van der Waals surface area contributed by atoms with Crippen LogP contribution < -0.4 is 15.4 Å². The molecule has 0 saturated heterocycles. The van der Waals surface area contributed by atoms with Crippen LogP contribution in [0.4, 0.5) is 5.69 Å². The van der Waals surface area contributed by atoms with Gasteiger partial charge in [0.2, 0.25) is 0 Å². The molecule has 7 heteroatoms. The number of hydrogen-bond donors (Lipinski definition) is 2. The lowest BCUT2D eigenvalue weighted by Crippen LogP contribution is -2.32. The Labute approximate surface area is 147 Å². The fourth-order valence-corrected chi connectivity index (χ4v) is 2.08. The average Bonchev–Trinajstić information content (AvgIpc) is 2.61. The summed E-state index contributed by atoms with van der Waals surface area (Å²) in [5.41, 5.74) is 1.17. The molecular formula is C18H22N4O3. The number of pyridine rings is 1. The Morgan fingerprint density at radius 1 is 1.16 bits per heavy atom. The molecule has 1 aromatic carbocycles. The van der Waals surface area contributed by atoms with E-state index in [4.69, 9.17) is 4.74 Å². The van der Waals surface area contributed by atoms with E-state index >= 15 is 0 Å². The van der Waals surface area contributed by atoms with Gasteiger partial charge in [-0.3, -0.25) is 14.6 Å². The summed E-state index contributed by atoms with van der Waals surface area (Å²) in [6.07, 6.45) is 1.45. The Balaban J connectivity index is 2.04. The third-order valence-electron chi connectivity index (χ3n) is 3.43. The summed E-state index contributed by atoms with van der Waals surface area (Å²) in [7, 11) is 5.41. The lowest BCUT2D eigenvalue weighted by Gasteiger charge is -2.10. The van der Waals surface area contributed by atoms with Crippen molar-refractivity contribution < 1.29 is 14.3 Å². The summed E-state index contributed by atoms with van der Waals surface area (Å²) in [6.45, 7) is 1.23. The van der Waals surface area contributed by atoms with E-state index in [9.17, 15) is 9.59 Å². The van der Waals surface area contributed by atoms with Crippen molar-refractivity contribution in [3.05, 3.63) is 53.9 Å². The van der Waals surface area contributed by atoms with Crippen molar-refractivity contribution in [3.63, 3.8) is 0 Å². The van der Waals surface area contributed by atoms with Gasteiger partial charge in [-0.2, -0.15) is 0 Å². The molecule has 2 N–H and O–H groups in total. The first kappa shape index (κ1) is 18.4. The molecule has 1 heterocycles. The number of carbonyl (C=O) groups excluding carboxylic acids is 2. The van der Waals surface area contributed by atoms with Gasteiger partial charge in [-0.05, 0) is 38.4 Å². The minimum Gasteiger partial charge on any atom is -0.497 e. The van der Waals surface area contributed by atoms with E-state index in [0.717, 1.165) is 6.54 Å². The van der Waals surface area contributed by atoms with Crippen molar-refractivity contribution in [2.45, 2.75) is 0 Å². The van der Waals surface area contributed by atoms with Gasteiger partial charge in [-0.25, -0.2) is 0 Å². The minimum absolute atomic E-state index is 0.206. The highest BCUT2D eigenvalue weighted by atomic mass is 16.5. The molecular weight excluding hydrogens is 320 g/mol. The van der Waals surface area contributed by atoms with Gasteiger partial charge >= 0.3 is 0 Å². The Bertz CT molecular complexity index is 747. The van der Waals surface area contributed by atoms with Crippen molar-refractivity contribution in [3.8, 4) is 5.75 Å². The number of anilines is 1. The van der Waals surface area contributed by atoms with Crippen molar-refractivity contribution in [1.82, 2.24) is 15.2 Å². The van der Waals surface area contributed by atoms with Crippen LogP contribution in [0.1, 0.15) is 20.8 Å². The van der Waals surface area contributed by atoms with Crippen LogP contribution in [-0.2, 0) is 0 Å². The lowest BCUT2D eigenvalue weighted by molar-refractivity contribution is 0.0946. The van der Waals surface area contributed by atoms with Crippen LogP contribution >= 0.6 is 0 Å². The van der Waals surface area contributed by atoms with Crippen molar-refractivity contribution >= 4 is 17.5 Å². The van der Waals surface area contributed by atoms with E-state index in [-0.39, 0.29) is 17.5 Å². The molecule has 1 aromatic heterocycles. The third kappa shape index (κ3) is 5.58. The number of hydrogen-bond acceptors (Lipinski definition) is 5. The smallest absolute Gasteiger partial charge is 0.269 e. The van der Waals surface area contributed by atoms with Gasteiger partial charge in [0.15, 0.2) is 0 Å². The van der Waals surface area contributed by atoms with Crippen LogP contribution in [0.15, 0.2) is 42.6 Å². The van der Waals surface area contributed by atoms with Crippen LogP contribution in [0.5, 0.6) is 5.75 Å². The number of methoxy groups -OCH3 is 1. The zero-order valence-corrected chi connectivity index (χ0v) is 14.6. The molecule has 0 radical (unpaired) electrons. The third-order valence-corrected chi connectivity index (χ3v) is 3.43. The van der Waals surface area contributed by atoms with Gasteiger partial charge in [-0.15, -0.1) is 0 Å². The van der Waals surface area contributed by atoms with E-state index in [1.165, 1.54) is 12.3 Å². The summed E-state index contributed by atoms with van der Waals surface area (Å²) >= 11 is 0. The highest BCUT2D eigenvalue weighted by Gasteiger charge is 2.12. The molecule has 25 heavy (non-hydrogen) atoms. The van der Waals surface area contributed by atoms with Crippen molar-refractivity contribution in [1.29, 1.82) is 0 Å². The number of aromatic nitrogens is 1. The second-order valence-electron chi connectivity index (χ2n) is 5.68. The van der Waals surface area contributed by atoms with E-state index < -0.39 is 0 Å². The summed E-state index contributed by atoms with van der Waals surface area (Å²) in [5.74, 6) is 0.0179. The molecule has 0 fully saturated rings. The molecule has 0 saturated carbocycles. The number of likely N-dealkylation sites (N-methyl/N-ethyl adjacent to an activating group) is 1. The maximum absolute atomic E-state index is 12.4. The molecule has 7 nitrogen and oxygen atoms in total. The molecule has 0 atom stereocenters. The number of amides is 2. The van der Waals surface area contributed by atoms with Gasteiger partial charge in [0.1, 0.15) is 11.4 Å². The molecule has 0 aliphatic rings. The fraction of sp³-hybridized carbons (Fsp3) is 0.278. The summed E-state index contributed by atoms with van der Waals surface area (Å²) in [4.78, 5) is 30.5. The zero-order valence-electron chi connectivity index (χ0n) is 14.6. The average molecular weight is 342 g/mol. The van der Waals surface area contributed by atoms with Gasteiger partial charge in [0.25, 0.3) is 11.8 Å². The zero-order chi connectivity index (χ0) is 18.2.